The molecule has 1 N–H and O–H groups in total. The van der Waals surface area contributed by atoms with Gasteiger partial charge in [0.1, 0.15) is 0 Å². The molecule has 1 heteroatoms. The van der Waals surface area contributed by atoms with Crippen molar-refractivity contribution in [3.8, 4) is 0 Å². The van der Waals surface area contributed by atoms with Gasteiger partial charge in [0.05, 0.1) is 6.10 Å². The van der Waals surface area contributed by atoms with Crippen molar-refractivity contribution in [2.75, 3.05) is 0 Å². The zero-order valence-corrected chi connectivity index (χ0v) is 9.79. The highest BCUT2D eigenvalue weighted by Gasteiger charge is 2.45. The number of fused-ring (bicyclic) bond motifs is 1. The summed E-state index contributed by atoms with van der Waals surface area (Å²) in [6.45, 7) is 7.00. The molecule has 4 unspecified atom stereocenters. The lowest BCUT2D eigenvalue weighted by atomic mass is 9.56. The van der Waals surface area contributed by atoms with Crippen LogP contribution in [0.1, 0.15) is 52.9 Å². The Morgan fingerprint density at radius 1 is 1.14 bits per heavy atom. The summed E-state index contributed by atoms with van der Waals surface area (Å²) in [6, 6.07) is 0. The van der Waals surface area contributed by atoms with Crippen LogP contribution in [0.15, 0.2) is 0 Å². The van der Waals surface area contributed by atoms with E-state index in [-0.39, 0.29) is 6.10 Å². The van der Waals surface area contributed by atoms with Gasteiger partial charge < -0.3 is 5.11 Å². The van der Waals surface area contributed by atoms with E-state index in [9.17, 15) is 5.11 Å². The fourth-order valence-corrected chi connectivity index (χ4v) is 3.81. The third-order valence-corrected chi connectivity index (χ3v) is 4.83. The smallest absolute Gasteiger partial charge is 0.0596 e. The highest BCUT2D eigenvalue weighted by Crippen LogP contribution is 2.51. The van der Waals surface area contributed by atoms with Crippen LogP contribution in [0, 0.1) is 23.2 Å². The lowest BCUT2D eigenvalue weighted by molar-refractivity contribution is -0.0717. The topological polar surface area (TPSA) is 20.2 Å². The van der Waals surface area contributed by atoms with E-state index in [1.807, 2.05) is 0 Å². The summed E-state index contributed by atoms with van der Waals surface area (Å²) in [4.78, 5) is 0. The maximum absolute atomic E-state index is 10.2. The highest BCUT2D eigenvalue weighted by molar-refractivity contribution is 4.95. The first-order valence-corrected chi connectivity index (χ1v) is 6.20. The highest BCUT2D eigenvalue weighted by atomic mass is 16.3. The monoisotopic (exact) mass is 196 g/mol. The molecule has 0 bridgehead atoms. The van der Waals surface area contributed by atoms with Crippen LogP contribution in [0.3, 0.4) is 0 Å². The van der Waals surface area contributed by atoms with E-state index in [0.29, 0.717) is 17.3 Å². The number of aliphatic hydroxyl groups is 1. The summed E-state index contributed by atoms with van der Waals surface area (Å²) in [6.07, 6.45) is 6.49. The van der Waals surface area contributed by atoms with Crippen molar-refractivity contribution in [1.82, 2.24) is 0 Å². The first-order valence-electron chi connectivity index (χ1n) is 6.20. The normalized spacial score (nSPS) is 47.1. The Morgan fingerprint density at radius 3 is 2.57 bits per heavy atom. The van der Waals surface area contributed by atoms with Crippen molar-refractivity contribution in [2.45, 2.75) is 59.0 Å². The van der Waals surface area contributed by atoms with Gasteiger partial charge in [-0.2, -0.15) is 0 Å². The molecule has 4 atom stereocenters. The molecule has 0 aromatic rings. The minimum atomic E-state index is -0.0201. The zero-order chi connectivity index (χ0) is 10.3. The van der Waals surface area contributed by atoms with E-state index in [1.54, 1.807) is 0 Å². The Kier molecular flexibility index (Phi) is 2.63. The molecular weight excluding hydrogens is 172 g/mol. The molecular formula is C13H24O. The summed E-state index contributed by atoms with van der Waals surface area (Å²) in [5.41, 5.74) is 0.476. The molecule has 1 nitrogen and oxygen atoms in total. The molecule has 14 heavy (non-hydrogen) atoms. The van der Waals surface area contributed by atoms with E-state index >= 15 is 0 Å². The van der Waals surface area contributed by atoms with Gasteiger partial charge in [0.2, 0.25) is 0 Å². The first-order chi connectivity index (χ1) is 6.52. The third-order valence-electron chi connectivity index (χ3n) is 4.83. The Bertz CT molecular complexity index is 209. The summed E-state index contributed by atoms with van der Waals surface area (Å²) in [5, 5.41) is 10.2. The number of hydrogen-bond donors (Lipinski definition) is 1. The second-order valence-electron chi connectivity index (χ2n) is 6.20. The maximum Gasteiger partial charge on any atom is 0.0596 e. The average Bonchev–Trinajstić information content (AvgIpc) is 2.11. The Balaban J connectivity index is 2.16. The van der Waals surface area contributed by atoms with Gasteiger partial charge in [0, 0.05) is 0 Å². The van der Waals surface area contributed by atoms with Gasteiger partial charge in [0.25, 0.3) is 0 Å². The zero-order valence-electron chi connectivity index (χ0n) is 9.79. The van der Waals surface area contributed by atoms with Gasteiger partial charge in [-0.25, -0.2) is 0 Å². The summed E-state index contributed by atoms with van der Waals surface area (Å²) in [7, 11) is 0. The van der Waals surface area contributed by atoms with Crippen LogP contribution >= 0.6 is 0 Å². The number of rotatable bonds is 0. The molecule has 82 valence electrons. The summed E-state index contributed by atoms with van der Waals surface area (Å²) >= 11 is 0. The van der Waals surface area contributed by atoms with Gasteiger partial charge in [-0.05, 0) is 48.9 Å². The van der Waals surface area contributed by atoms with Crippen LogP contribution in [0.2, 0.25) is 0 Å². The third kappa shape index (κ3) is 1.60. The minimum absolute atomic E-state index is 0.0201. The van der Waals surface area contributed by atoms with Crippen LogP contribution in [0.5, 0.6) is 0 Å². The van der Waals surface area contributed by atoms with E-state index in [2.05, 4.69) is 20.8 Å². The lowest BCUT2D eigenvalue weighted by Crippen LogP contribution is -2.46. The predicted molar refractivity (Wildman–Crippen MR) is 59.0 cm³/mol. The molecule has 2 saturated carbocycles. The molecule has 0 saturated heterocycles. The van der Waals surface area contributed by atoms with Crippen molar-refractivity contribution < 1.29 is 5.11 Å². The molecule has 0 spiro atoms. The molecule has 2 aliphatic rings. The van der Waals surface area contributed by atoms with Crippen molar-refractivity contribution in [3.05, 3.63) is 0 Å². The van der Waals surface area contributed by atoms with E-state index in [0.717, 1.165) is 5.92 Å². The van der Waals surface area contributed by atoms with Crippen molar-refractivity contribution >= 4 is 0 Å². The second kappa shape index (κ2) is 3.52. The van der Waals surface area contributed by atoms with E-state index < -0.39 is 0 Å². The van der Waals surface area contributed by atoms with Crippen molar-refractivity contribution in [2.24, 2.45) is 23.2 Å². The quantitative estimate of drug-likeness (QED) is 0.630. The predicted octanol–water partition coefficient (Wildman–Crippen LogP) is 3.22. The fraction of sp³-hybridized carbons (Fsp3) is 1.00. The van der Waals surface area contributed by atoms with E-state index in [4.69, 9.17) is 0 Å². The number of hydrogen-bond acceptors (Lipinski definition) is 1. The molecule has 0 amide bonds. The van der Waals surface area contributed by atoms with E-state index in [1.165, 1.54) is 32.1 Å². The van der Waals surface area contributed by atoms with Crippen molar-refractivity contribution in [3.63, 3.8) is 0 Å². The molecule has 2 fully saturated rings. The number of aliphatic hydroxyl groups excluding tert-OH is 1. The Labute approximate surface area is 87.9 Å². The summed E-state index contributed by atoms with van der Waals surface area (Å²) in [5.74, 6) is 1.91. The van der Waals surface area contributed by atoms with Crippen LogP contribution < -0.4 is 0 Å². The molecule has 0 aromatic carbocycles. The second-order valence-corrected chi connectivity index (χ2v) is 6.20. The van der Waals surface area contributed by atoms with Gasteiger partial charge in [-0.15, -0.1) is 0 Å². The van der Waals surface area contributed by atoms with Crippen molar-refractivity contribution in [1.29, 1.82) is 0 Å². The van der Waals surface area contributed by atoms with Crippen LogP contribution in [-0.4, -0.2) is 11.2 Å². The SMILES string of the molecule is CC1CCC2C(CCCC2(C)C)C1O. The molecule has 0 aliphatic heterocycles. The van der Waals surface area contributed by atoms with Gasteiger partial charge in [0.15, 0.2) is 0 Å². The standard InChI is InChI=1S/C13H24O/c1-9-6-7-11-10(12(9)14)5-4-8-13(11,2)3/h9-12,14H,4-8H2,1-3H3. The average molecular weight is 196 g/mol. The molecule has 0 aromatic heterocycles. The van der Waals surface area contributed by atoms with Crippen LogP contribution in [-0.2, 0) is 0 Å². The summed E-state index contributed by atoms with van der Waals surface area (Å²) < 4.78 is 0. The van der Waals surface area contributed by atoms with Gasteiger partial charge in [-0.1, -0.05) is 27.2 Å². The molecule has 0 heterocycles. The van der Waals surface area contributed by atoms with Crippen LogP contribution in [0.25, 0.3) is 0 Å². The van der Waals surface area contributed by atoms with Gasteiger partial charge >= 0.3 is 0 Å². The van der Waals surface area contributed by atoms with Gasteiger partial charge in [-0.3, -0.25) is 0 Å². The first kappa shape index (κ1) is 10.5. The molecule has 0 radical (unpaired) electrons. The lowest BCUT2D eigenvalue weighted by Gasteiger charge is -2.50. The fourth-order valence-electron chi connectivity index (χ4n) is 3.81. The molecule has 2 rings (SSSR count). The minimum Gasteiger partial charge on any atom is -0.393 e. The van der Waals surface area contributed by atoms with Crippen LogP contribution in [0.4, 0.5) is 0 Å². The molecule has 2 aliphatic carbocycles. The Morgan fingerprint density at radius 2 is 1.86 bits per heavy atom. The Hall–Kier alpha value is -0.0400. The maximum atomic E-state index is 10.2. The largest absolute Gasteiger partial charge is 0.393 e.